The summed E-state index contributed by atoms with van der Waals surface area (Å²) in [5.41, 5.74) is 3.25. The Bertz CT molecular complexity index is 567. The zero-order valence-corrected chi connectivity index (χ0v) is 13.2. The minimum atomic E-state index is 0.757. The quantitative estimate of drug-likeness (QED) is 0.845. The zero-order valence-electron chi connectivity index (χ0n) is 13.2. The monoisotopic (exact) mass is 284 g/mol. The topological polar surface area (TPSA) is 50.7 Å². The van der Waals surface area contributed by atoms with E-state index in [9.17, 15) is 0 Å². The van der Waals surface area contributed by atoms with Gasteiger partial charge >= 0.3 is 0 Å². The highest BCUT2D eigenvalue weighted by Crippen LogP contribution is 2.18. The molecule has 2 aromatic rings. The van der Waals surface area contributed by atoms with E-state index in [4.69, 9.17) is 4.98 Å². The molecule has 0 amide bonds. The van der Waals surface area contributed by atoms with E-state index in [0.29, 0.717) is 0 Å². The molecule has 0 atom stereocenters. The summed E-state index contributed by atoms with van der Waals surface area (Å²) in [5.74, 6) is 1.90. The normalized spacial score (nSPS) is 10.6. The fourth-order valence-electron chi connectivity index (χ4n) is 2.21. The SMILES string of the molecule is CCCNc1nc(CCC)nc(Cc2ccccn2)c1C. The van der Waals surface area contributed by atoms with Gasteiger partial charge in [0, 0.05) is 36.8 Å². The highest BCUT2D eigenvalue weighted by atomic mass is 15.0. The largest absolute Gasteiger partial charge is 0.370 e. The second-order valence-corrected chi connectivity index (χ2v) is 5.23. The number of rotatable bonds is 7. The molecule has 0 aromatic carbocycles. The average molecular weight is 284 g/mol. The van der Waals surface area contributed by atoms with Gasteiger partial charge in [0.05, 0.1) is 5.69 Å². The Balaban J connectivity index is 2.31. The summed E-state index contributed by atoms with van der Waals surface area (Å²) in [6, 6.07) is 6.00. The van der Waals surface area contributed by atoms with Crippen LogP contribution < -0.4 is 5.32 Å². The Morgan fingerprint density at radius 3 is 2.62 bits per heavy atom. The Kier molecular flexibility index (Phi) is 5.67. The predicted molar refractivity (Wildman–Crippen MR) is 86.6 cm³/mol. The van der Waals surface area contributed by atoms with Crippen molar-refractivity contribution >= 4 is 5.82 Å². The van der Waals surface area contributed by atoms with Crippen molar-refractivity contribution in [2.45, 2.75) is 46.5 Å². The maximum atomic E-state index is 4.73. The third kappa shape index (κ3) is 4.25. The summed E-state index contributed by atoms with van der Waals surface area (Å²) < 4.78 is 0. The number of pyridine rings is 1. The van der Waals surface area contributed by atoms with Crippen molar-refractivity contribution in [2.24, 2.45) is 0 Å². The highest BCUT2D eigenvalue weighted by molar-refractivity contribution is 5.46. The van der Waals surface area contributed by atoms with Gasteiger partial charge in [0.25, 0.3) is 0 Å². The van der Waals surface area contributed by atoms with Crippen molar-refractivity contribution in [3.8, 4) is 0 Å². The molecule has 112 valence electrons. The number of aromatic nitrogens is 3. The molecule has 0 spiro atoms. The third-order valence-electron chi connectivity index (χ3n) is 3.38. The first kappa shape index (κ1) is 15.4. The summed E-state index contributed by atoms with van der Waals surface area (Å²) in [6.07, 6.45) is 5.64. The first-order chi connectivity index (χ1) is 10.2. The van der Waals surface area contributed by atoms with E-state index in [0.717, 1.165) is 60.8 Å². The Labute approximate surface area is 127 Å². The average Bonchev–Trinajstić information content (AvgIpc) is 2.50. The van der Waals surface area contributed by atoms with E-state index >= 15 is 0 Å². The van der Waals surface area contributed by atoms with Crippen LogP contribution in [0.25, 0.3) is 0 Å². The Morgan fingerprint density at radius 2 is 1.95 bits per heavy atom. The summed E-state index contributed by atoms with van der Waals surface area (Å²) in [6.45, 7) is 7.34. The summed E-state index contributed by atoms with van der Waals surface area (Å²) >= 11 is 0. The first-order valence-corrected chi connectivity index (χ1v) is 7.74. The van der Waals surface area contributed by atoms with Crippen molar-refractivity contribution in [3.63, 3.8) is 0 Å². The summed E-state index contributed by atoms with van der Waals surface area (Å²) in [5, 5.41) is 3.42. The van der Waals surface area contributed by atoms with Crippen LogP contribution in [0.5, 0.6) is 0 Å². The smallest absolute Gasteiger partial charge is 0.132 e. The minimum Gasteiger partial charge on any atom is -0.370 e. The number of hydrogen-bond acceptors (Lipinski definition) is 4. The van der Waals surface area contributed by atoms with Gasteiger partial charge in [-0.25, -0.2) is 9.97 Å². The third-order valence-corrected chi connectivity index (χ3v) is 3.38. The summed E-state index contributed by atoms with van der Waals surface area (Å²) in [7, 11) is 0. The first-order valence-electron chi connectivity index (χ1n) is 7.74. The number of anilines is 1. The van der Waals surface area contributed by atoms with Crippen LogP contribution in [0.4, 0.5) is 5.82 Å². The molecule has 2 aromatic heterocycles. The lowest BCUT2D eigenvalue weighted by Crippen LogP contribution is -2.11. The van der Waals surface area contributed by atoms with E-state index in [1.807, 2.05) is 24.4 Å². The molecule has 0 bridgehead atoms. The van der Waals surface area contributed by atoms with Crippen molar-refractivity contribution in [1.29, 1.82) is 0 Å². The molecule has 2 heterocycles. The lowest BCUT2D eigenvalue weighted by atomic mass is 10.1. The lowest BCUT2D eigenvalue weighted by molar-refractivity contribution is 0.806. The molecule has 0 radical (unpaired) electrons. The summed E-state index contributed by atoms with van der Waals surface area (Å²) in [4.78, 5) is 13.8. The molecule has 21 heavy (non-hydrogen) atoms. The maximum absolute atomic E-state index is 4.73. The van der Waals surface area contributed by atoms with Crippen LogP contribution in [-0.2, 0) is 12.8 Å². The Hall–Kier alpha value is -1.97. The van der Waals surface area contributed by atoms with E-state index in [1.54, 1.807) is 0 Å². The van der Waals surface area contributed by atoms with Gasteiger partial charge in [-0.15, -0.1) is 0 Å². The van der Waals surface area contributed by atoms with Crippen LogP contribution in [0.1, 0.15) is 49.5 Å². The fraction of sp³-hybridized carbons (Fsp3) is 0.471. The van der Waals surface area contributed by atoms with Crippen LogP contribution in [-0.4, -0.2) is 21.5 Å². The molecular weight excluding hydrogens is 260 g/mol. The molecule has 4 nitrogen and oxygen atoms in total. The molecule has 1 N–H and O–H groups in total. The van der Waals surface area contributed by atoms with Gasteiger partial charge in [0.2, 0.25) is 0 Å². The second-order valence-electron chi connectivity index (χ2n) is 5.23. The van der Waals surface area contributed by atoms with E-state index < -0.39 is 0 Å². The molecule has 0 aliphatic carbocycles. The van der Waals surface area contributed by atoms with Crippen molar-refractivity contribution < 1.29 is 0 Å². The molecule has 0 fully saturated rings. The predicted octanol–water partition coefficient (Wildman–Crippen LogP) is 3.55. The lowest BCUT2D eigenvalue weighted by Gasteiger charge is -2.13. The number of hydrogen-bond donors (Lipinski definition) is 1. The molecule has 0 aliphatic rings. The molecule has 2 rings (SSSR count). The van der Waals surface area contributed by atoms with E-state index in [1.165, 1.54) is 0 Å². The molecule has 0 unspecified atom stereocenters. The van der Waals surface area contributed by atoms with Crippen LogP contribution in [0.15, 0.2) is 24.4 Å². The van der Waals surface area contributed by atoms with Gasteiger partial charge in [0.15, 0.2) is 0 Å². The van der Waals surface area contributed by atoms with Gasteiger partial charge < -0.3 is 5.32 Å². The molecular formula is C17H24N4. The van der Waals surface area contributed by atoms with Crippen LogP contribution in [0.2, 0.25) is 0 Å². The minimum absolute atomic E-state index is 0.757. The van der Waals surface area contributed by atoms with E-state index in [2.05, 4.69) is 36.1 Å². The number of nitrogens with one attached hydrogen (secondary N) is 1. The van der Waals surface area contributed by atoms with Crippen molar-refractivity contribution in [2.75, 3.05) is 11.9 Å². The van der Waals surface area contributed by atoms with Gasteiger partial charge in [-0.1, -0.05) is 19.9 Å². The fourth-order valence-corrected chi connectivity index (χ4v) is 2.21. The standard InChI is InChI=1S/C17H24N4/c1-4-8-16-20-15(12-14-9-6-7-11-18-14)13(3)17(21-16)19-10-5-2/h6-7,9,11H,4-5,8,10,12H2,1-3H3,(H,19,20,21). The Morgan fingerprint density at radius 1 is 1.10 bits per heavy atom. The zero-order chi connectivity index (χ0) is 15.1. The maximum Gasteiger partial charge on any atom is 0.132 e. The van der Waals surface area contributed by atoms with Crippen molar-refractivity contribution in [1.82, 2.24) is 15.0 Å². The molecule has 4 heteroatoms. The van der Waals surface area contributed by atoms with Crippen LogP contribution in [0, 0.1) is 6.92 Å². The van der Waals surface area contributed by atoms with Gasteiger partial charge in [0.1, 0.15) is 11.6 Å². The molecule has 0 aliphatic heterocycles. The van der Waals surface area contributed by atoms with Gasteiger partial charge in [-0.2, -0.15) is 0 Å². The van der Waals surface area contributed by atoms with Crippen LogP contribution in [0.3, 0.4) is 0 Å². The van der Waals surface area contributed by atoms with Crippen LogP contribution >= 0.6 is 0 Å². The molecule has 0 saturated carbocycles. The highest BCUT2D eigenvalue weighted by Gasteiger charge is 2.11. The van der Waals surface area contributed by atoms with Gasteiger partial charge in [-0.05, 0) is 31.9 Å². The second kappa shape index (κ2) is 7.72. The van der Waals surface area contributed by atoms with E-state index in [-0.39, 0.29) is 0 Å². The number of nitrogens with zero attached hydrogens (tertiary/aromatic N) is 3. The van der Waals surface area contributed by atoms with Crippen molar-refractivity contribution in [3.05, 3.63) is 47.2 Å². The number of aryl methyl sites for hydroxylation is 1. The molecule has 0 saturated heterocycles. The van der Waals surface area contributed by atoms with Gasteiger partial charge in [-0.3, -0.25) is 4.98 Å².